The van der Waals surface area contributed by atoms with E-state index in [-0.39, 0.29) is 5.97 Å². The zero-order valence-corrected chi connectivity index (χ0v) is 22.3. The maximum Gasteiger partial charge on any atom is 0.338 e. The fourth-order valence-corrected chi connectivity index (χ4v) is 6.47. The number of hydrogen-bond acceptors (Lipinski definition) is 3. The molecule has 0 unspecified atom stereocenters. The summed E-state index contributed by atoms with van der Waals surface area (Å²) in [6.45, 7) is 4.97. The lowest BCUT2D eigenvalue weighted by atomic mass is 9.67. The number of benzene rings is 2. The van der Waals surface area contributed by atoms with Crippen LogP contribution in [0.1, 0.15) is 105 Å². The van der Waals surface area contributed by atoms with Crippen molar-refractivity contribution in [2.24, 2.45) is 17.8 Å². The van der Waals surface area contributed by atoms with Gasteiger partial charge in [0.2, 0.25) is 0 Å². The minimum atomic E-state index is -0.242. The Morgan fingerprint density at radius 3 is 2.28 bits per heavy atom. The van der Waals surface area contributed by atoms with Crippen molar-refractivity contribution >= 4 is 5.97 Å². The van der Waals surface area contributed by atoms with Gasteiger partial charge in [-0.3, -0.25) is 0 Å². The molecule has 2 saturated carbocycles. The molecule has 0 heterocycles. The molecule has 2 aromatic carbocycles. The summed E-state index contributed by atoms with van der Waals surface area (Å²) in [4.78, 5) is 13.2. The van der Waals surface area contributed by atoms with Crippen molar-refractivity contribution in [1.29, 1.82) is 0 Å². The molecule has 3 heteroatoms. The zero-order valence-electron chi connectivity index (χ0n) is 22.3. The van der Waals surface area contributed by atoms with Crippen LogP contribution >= 0.6 is 0 Å². The Balaban J connectivity index is 1.35. The first-order chi connectivity index (χ1) is 17.7. The predicted molar refractivity (Wildman–Crippen MR) is 147 cm³/mol. The van der Waals surface area contributed by atoms with Gasteiger partial charge in [-0.1, -0.05) is 61.4 Å². The summed E-state index contributed by atoms with van der Waals surface area (Å²) in [5.41, 5.74) is 2.83. The van der Waals surface area contributed by atoms with Gasteiger partial charge in [0, 0.05) is 0 Å². The lowest BCUT2D eigenvalue weighted by Crippen LogP contribution is -2.26. The third-order valence-corrected chi connectivity index (χ3v) is 8.52. The fraction of sp³-hybridized carbons (Fsp3) is 0.545. The van der Waals surface area contributed by atoms with E-state index in [2.05, 4.69) is 25.1 Å². The summed E-state index contributed by atoms with van der Waals surface area (Å²) in [6, 6.07) is 15.9. The lowest BCUT2D eigenvalue weighted by molar-refractivity contribution is 0.0469. The summed E-state index contributed by atoms with van der Waals surface area (Å²) in [5, 5.41) is 0. The van der Waals surface area contributed by atoms with Gasteiger partial charge in [-0.2, -0.15) is 0 Å². The molecule has 36 heavy (non-hydrogen) atoms. The van der Waals surface area contributed by atoms with Crippen LogP contribution in [0, 0.1) is 17.8 Å². The van der Waals surface area contributed by atoms with Crippen LogP contribution in [0.15, 0.2) is 60.7 Å². The second-order valence-corrected chi connectivity index (χ2v) is 10.8. The van der Waals surface area contributed by atoms with Gasteiger partial charge in [0.15, 0.2) is 0 Å². The summed E-state index contributed by atoms with van der Waals surface area (Å²) in [7, 11) is 0. The molecule has 0 amide bonds. The molecule has 0 aromatic heterocycles. The molecule has 0 N–H and O–H groups in total. The molecule has 2 fully saturated rings. The van der Waals surface area contributed by atoms with E-state index in [4.69, 9.17) is 9.47 Å². The Morgan fingerprint density at radius 1 is 0.917 bits per heavy atom. The molecule has 194 valence electrons. The lowest BCUT2D eigenvalue weighted by Gasteiger charge is -2.38. The highest BCUT2D eigenvalue weighted by atomic mass is 16.5. The molecule has 2 aliphatic rings. The molecule has 0 radical (unpaired) electrons. The number of carbonyl (C=O) groups excluding carboxylic acids is 1. The number of hydrogen-bond donors (Lipinski definition) is 0. The molecule has 0 saturated heterocycles. The normalized spacial score (nSPS) is 24.5. The predicted octanol–water partition coefficient (Wildman–Crippen LogP) is 8.88. The molecule has 2 aliphatic carbocycles. The van der Waals surface area contributed by atoms with Gasteiger partial charge in [0.25, 0.3) is 0 Å². The monoisotopic (exact) mass is 488 g/mol. The first kappa shape index (κ1) is 26.5. The largest absolute Gasteiger partial charge is 0.494 e. The minimum Gasteiger partial charge on any atom is -0.494 e. The zero-order chi connectivity index (χ0) is 25.2. The van der Waals surface area contributed by atoms with E-state index in [0.717, 1.165) is 34.6 Å². The van der Waals surface area contributed by atoms with Gasteiger partial charge in [-0.05, 0) is 112 Å². The number of carbonyl (C=O) groups is 1. The van der Waals surface area contributed by atoms with Crippen molar-refractivity contribution in [1.82, 2.24) is 0 Å². The second kappa shape index (κ2) is 13.7. The smallest absolute Gasteiger partial charge is 0.338 e. The van der Waals surface area contributed by atoms with Crippen LogP contribution in [0.4, 0.5) is 0 Å². The van der Waals surface area contributed by atoms with Crippen molar-refractivity contribution in [3.05, 3.63) is 77.4 Å². The highest BCUT2D eigenvalue weighted by molar-refractivity contribution is 5.92. The molecule has 3 nitrogen and oxygen atoms in total. The summed E-state index contributed by atoms with van der Waals surface area (Å²) < 4.78 is 11.5. The van der Waals surface area contributed by atoms with Gasteiger partial charge in [-0.15, -0.1) is 0 Å². The van der Waals surface area contributed by atoms with Crippen LogP contribution in [0.3, 0.4) is 0 Å². The van der Waals surface area contributed by atoms with Crippen molar-refractivity contribution in [3.8, 4) is 5.75 Å². The number of rotatable bonds is 10. The van der Waals surface area contributed by atoms with E-state index in [9.17, 15) is 4.79 Å². The Bertz CT molecular complexity index is 964. The molecular formula is C33H44O3. The van der Waals surface area contributed by atoms with Gasteiger partial charge in [0.05, 0.1) is 12.2 Å². The first-order valence-corrected chi connectivity index (χ1v) is 14.3. The topological polar surface area (TPSA) is 35.5 Å². The Kier molecular flexibility index (Phi) is 10.1. The Hall–Kier alpha value is -2.55. The van der Waals surface area contributed by atoms with Crippen molar-refractivity contribution in [3.63, 3.8) is 0 Å². The van der Waals surface area contributed by atoms with E-state index < -0.39 is 0 Å². The summed E-state index contributed by atoms with van der Waals surface area (Å²) in [5.74, 6) is 3.62. The fourth-order valence-electron chi connectivity index (χ4n) is 6.47. The van der Waals surface area contributed by atoms with Gasteiger partial charge in [0.1, 0.15) is 12.4 Å². The maximum absolute atomic E-state index is 13.2. The number of ether oxygens (including phenoxy) is 2. The molecular weight excluding hydrogens is 444 g/mol. The Morgan fingerprint density at radius 2 is 1.61 bits per heavy atom. The quantitative estimate of drug-likeness (QED) is 0.247. The van der Waals surface area contributed by atoms with Crippen LogP contribution in [-0.4, -0.2) is 12.6 Å². The number of esters is 1. The maximum atomic E-state index is 13.2. The van der Waals surface area contributed by atoms with Crippen molar-refractivity contribution in [2.45, 2.75) is 90.6 Å². The summed E-state index contributed by atoms with van der Waals surface area (Å²) >= 11 is 0. The minimum absolute atomic E-state index is 0.242. The third kappa shape index (κ3) is 7.24. The Labute approximate surface area is 218 Å². The molecule has 2 aromatic rings. The van der Waals surface area contributed by atoms with Crippen LogP contribution in [-0.2, 0) is 11.3 Å². The standard InChI is InChI=1S/C33H44O3/c1-3-5-7-10-25-13-15-27(16-14-25)28-17-19-29(20-18-28)31-22-21-30(35-4-2)23-32(31)33(34)36-24-26-11-8-6-9-12-26/h3,5-6,8-9,11-12,21-23,25,27-29H,4,7,10,13-20,24H2,1-2H3/b5-3+. The van der Waals surface area contributed by atoms with Gasteiger partial charge >= 0.3 is 5.97 Å². The average molecular weight is 489 g/mol. The van der Waals surface area contributed by atoms with Crippen molar-refractivity contribution < 1.29 is 14.3 Å². The van der Waals surface area contributed by atoms with E-state index in [1.165, 1.54) is 64.2 Å². The van der Waals surface area contributed by atoms with Crippen LogP contribution in [0.5, 0.6) is 5.75 Å². The SMILES string of the molecule is C/C=C/CCC1CCC(C2CCC(c3ccc(OCC)cc3C(=O)OCc3ccccc3)CC2)CC1. The highest BCUT2D eigenvalue weighted by Crippen LogP contribution is 2.45. The van der Waals surface area contributed by atoms with Gasteiger partial charge in [-0.25, -0.2) is 4.79 Å². The molecule has 0 bridgehead atoms. The van der Waals surface area contributed by atoms with Crippen LogP contribution < -0.4 is 4.74 Å². The van der Waals surface area contributed by atoms with Crippen LogP contribution in [0.25, 0.3) is 0 Å². The molecule has 0 atom stereocenters. The first-order valence-electron chi connectivity index (χ1n) is 14.3. The van der Waals surface area contributed by atoms with E-state index in [1.54, 1.807) is 0 Å². The van der Waals surface area contributed by atoms with E-state index in [1.807, 2.05) is 49.4 Å². The van der Waals surface area contributed by atoms with E-state index >= 15 is 0 Å². The average Bonchev–Trinajstić information content (AvgIpc) is 2.93. The van der Waals surface area contributed by atoms with Crippen LogP contribution in [0.2, 0.25) is 0 Å². The van der Waals surface area contributed by atoms with Crippen molar-refractivity contribution in [2.75, 3.05) is 6.61 Å². The number of allylic oxidation sites excluding steroid dienone is 2. The van der Waals surface area contributed by atoms with Gasteiger partial charge < -0.3 is 9.47 Å². The highest BCUT2D eigenvalue weighted by Gasteiger charge is 2.32. The molecule has 4 rings (SSSR count). The second-order valence-electron chi connectivity index (χ2n) is 10.8. The van der Waals surface area contributed by atoms with E-state index in [0.29, 0.717) is 24.7 Å². The molecule has 0 aliphatic heterocycles. The summed E-state index contributed by atoms with van der Waals surface area (Å²) in [6.07, 6.45) is 17.7. The third-order valence-electron chi connectivity index (χ3n) is 8.52. The molecule has 0 spiro atoms.